The molecular formula is C16H17FN2O2. The number of rotatable bonds is 4. The molecule has 0 aliphatic rings. The Balaban J connectivity index is 2.26. The first-order chi connectivity index (χ1) is 10.0. The van der Waals surface area contributed by atoms with Crippen molar-refractivity contribution >= 4 is 17.3 Å². The molecular weight excluding hydrogens is 271 g/mol. The molecule has 2 rings (SSSR count). The van der Waals surface area contributed by atoms with Crippen molar-refractivity contribution in [3.63, 3.8) is 0 Å². The van der Waals surface area contributed by atoms with Gasteiger partial charge in [0.25, 0.3) is 5.91 Å². The number of amides is 1. The summed E-state index contributed by atoms with van der Waals surface area (Å²) in [5, 5.41) is 5.72. The summed E-state index contributed by atoms with van der Waals surface area (Å²) in [6.07, 6.45) is 0. The van der Waals surface area contributed by atoms with E-state index in [0.29, 0.717) is 11.3 Å². The van der Waals surface area contributed by atoms with E-state index >= 15 is 0 Å². The predicted octanol–water partition coefficient (Wildman–Crippen LogP) is 3.44. The average molecular weight is 288 g/mol. The second-order valence-corrected chi connectivity index (χ2v) is 4.60. The van der Waals surface area contributed by atoms with Crippen LogP contribution in [0.2, 0.25) is 0 Å². The molecule has 0 atom stereocenters. The van der Waals surface area contributed by atoms with E-state index in [2.05, 4.69) is 10.6 Å². The number of benzene rings is 2. The zero-order valence-corrected chi connectivity index (χ0v) is 12.2. The Morgan fingerprint density at radius 3 is 2.62 bits per heavy atom. The normalized spacial score (nSPS) is 10.1. The highest BCUT2D eigenvalue weighted by molar-refractivity contribution is 6.08. The Kier molecular flexibility index (Phi) is 4.42. The fourth-order valence-electron chi connectivity index (χ4n) is 2.00. The van der Waals surface area contributed by atoms with Crippen molar-refractivity contribution in [1.82, 2.24) is 0 Å². The maximum Gasteiger partial charge on any atom is 0.257 e. The first kappa shape index (κ1) is 14.8. The van der Waals surface area contributed by atoms with Crippen LogP contribution in [-0.4, -0.2) is 20.1 Å². The summed E-state index contributed by atoms with van der Waals surface area (Å²) in [7, 11) is 3.13. The van der Waals surface area contributed by atoms with Crippen LogP contribution in [0.3, 0.4) is 0 Å². The molecule has 0 aromatic heterocycles. The molecule has 2 aromatic rings. The van der Waals surface area contributed by atoms with E-state index in [1.165, 1.54) is 25.3 Å². The Bertz CT molecular complexity index is 671. The SMILES string of the molecule is CNc1cc(C)ccc1C(=O)Nc1ccc(F)c(OC)c1. The molecule has 0 bridgehead atoms. The number of carbonyl (C=O) groups excluding carboxylic acids is 1. The van der Waals surface area contributed by atoms with E-state index < -0.39 is 5.82 Å². The first-order valence-corrected chi connectivity index (χ1v) is 6.48. The largest absolute Gasteiger partial charge is 0.494 e. The van der Waals surface area contributed by atoms with E-state index in [9.17, 15) is 9.18 Å². The van der Waals surface area contributed by atoms with Crippen LogP contribution in [0.5, 0.6) is 5.75 Å². The molecule has 0 heterocycles. The molecule has 0 saturated carbocycles. The van der Waals surface area contributed by atoms with Crippen molar-refractivity contribution in [3.05, 3.63) is 53.3 Å². The second-order valence-electron chi connectivity index (χ2n) is 4.60. The number of hydrogen-bond donors (Lipinski definition) is 2. The molecule has 0 unspecified atom stereocenters. The zero-order valence-electron chi connectivity index (χ0n) is 12.2. The van der Waals surface area contributed by atoms with Crippen molar-refractivity contribution in [2.24, 2.45) is 0 Å². The van der Waals surface area contributed by atoms with Crippen molar-refractivity contribution in [3.8, 4) is 5.75 Å². The van der Waals surface area contributed by atoms with E-state index in [1.807, 2.05) is 19.1 Å². The van der Waals surface area contributed by atoms with Gasteiger partial charge in [-0.2, -0.15) is 0 Å². The fraction of sp³-hybridized carbons (Fsp3) is 0.188. The molecule has 0 spiro atoms. The minimum Gasteiger partial charge on any atom is -0.494 e. The molecule has 0 saturated heterocycles. The number of ether oxygens (including phenoxy) is 1. The maximum absolute atomic E-state index is 13.3. The molecule has 0 radical (unpaired) electrons. The molecule has 4 nitrogen and oxygen atoms in total. The highest BCUT2D eigenvalue weighted by Crippen LogP contribution is 2.23. The lowest BCUT2D eigenvalue weighted by Gasteiger charge is -2.11. The fourth-order valence-corrected chi connectivity index (χ4v) is 2.00. The van der Waals surface area contributed by atoms with Gasteiger partial charge in [-0.25, -0.2) is 4.39 Å². The highest BCUT2D eigenvalue weighted by atomic mass is 19.1. The van der Waals surface area contributed by atoms with Gasteiger partial charge >= 0.3 is 0 Å². The van der Waals surface area contributed by atoms with E-state index in [-0.39, 0.29) is 11.7 Å². The van der Waals surface area contributed by atoms with Crippen LogP contribution in [0.25, 0.3) is 0 Å². The molecule has 2 N–H and O–H groups in total. The third-order valence-corrected chi connectivity index (χ3v) is 3.10. The van der Waals surface area contributed by atoms with Gasteiger partial charge in [0.2, 0.25) is 0 Å². The van der Waals surface area contributed by atoms with Crippen LogP contribution in [0.15, 0.2) is 36.4 Å². The lowest BCUT2D eigenvalue weighted by Crippen LogP contribution is -2.14. The smallest absolute Gasteiger partial charge is 0.257 e. The summed E-state index contributed by atoms with van der Waals surface area (Å²) in [4.78, 5) is 12.3. The highest BCUT2D eigenvalue weighted by Gasteiger charge is 2.12. The molecule has 2 aromatic carbocycles. The van der Waals surface area contributed by atoms with Crippen LogP contribution in [0, 0.1) is 12.7 Å². The van der Waals surface area contributed by atoms with Crippen LogP contribution in [-0.2, 0) is 0 Å². The van der Waals surface area contributed by atoms with Gasteiger partial charge in [-0.1, -0.05) is 6.07 Å². The van der Waals surface area contributed by atoms with Gasteiger partial charge < -0.3 is 15.4 Å². The lowest BCUT2D eigenvalue weighted by molar-refractivity contribution is 0.102. The van der Waals surface area contributed by atoms with Gasteiger partial charge in [0.1, 0.15) is 0 Å². The lowest BCUT2D eigenvalue weighted by atomic mass is 10.1. The molecule has 0 fully saturated rings. The van der Waals surface area contributed by atoms with Crippen molar-refractivity contribution in [2.45, 2.75) is 6.92 Å². The van der Waals surface area contributed by atoms with Gasteiger partial charge in [0, 0.05) is 24.5 Å². The van der Waals surface area contributed by atoms with Gasteiger partial charge in [-0.05, 0) is 36.8 Å². The summed E-state index contributed by atoms with van der Waals surface area (Å²) >= 11 is 0. The Morgan fingerprint density at radius 2 is 1.95 bits per heavy atom. The van der Waals surface area contributed by atoms with E-state index in [4.69, 9.17) is 4.74 Å². The second kappa shape index (κ2) is 6.26. The summed E-state index contributed by atoms with van der Waals surface area (Å²) in [5.74, 6) is -0.652. The van der Waals surface area contributed by atoms with Crippen LogP contribution in [0.1, 0.15) is 15.9 Å². The Hall–Kier alpha value is -2.56. The van der Waals surface area contributed by atoms with Crippen molar-refractivity contribution < 1.29 is 13.9 Å². The topological polar surface area (TPSA) is 50.4 Å². The Morgan fingerprint density at radius 1 is 1.19 bits per heavy atom. The van der Waals surface area contributed by atoms with Gasteiger partial charge in [0.15, 0.2) is 11.6 Å². The van der Waals surface area contributed by atoms with Crippen LogP contribution < -0.4 is 15.4 Å². The third kappa shape index (κ3) is 3.31. The summed E-state index contributed by atoms with van der Waals surface area (Å²) < 4.78 is 18.2. The maximum atomic E-state index is 13.3. The number of methoxy groups -OCH3 is 1. The van der Waals surface area contributed by atoms with E-state index in [1.54, 1.807) is 13.1 Å². The third-order valence-electron chi connectivity index (χ3n) is 3.10. The molecule has 0 aliphatic heterocycles. The number of carbonyl (C=O) groups is 1. The summed E-state index contributed by atoms with van der Waals surface area (Å²) in [6.45, 7) is 1.95. The molecule has 1 amide bonds. The minimum atomic E-state index is -0.471. The Labute approximate surface area is 122 Å². The first-order valence-electron chi connectivity index (χ1n) is 6.48. The van der Waals surface area contributed by atoms with Gasteiger partial charge in [0.05, 0.1) is 12.7 Å². The summed E-state index contributed by atoms with van der Waals surface area (Å²) in [6, 6.07) is 9.68. The number of hydrogen-bond acceptors (Lipinski definition) is 3. The quantitative estimate of drug-likeness (QED) is 0.906. The number of anilines is 2. The van der Waals surface area contributed by atoms with Crippen LogP contribution in [0.4, 0.5) is 15.8 Å². The predicted molar refractivity (Wildman–Crippen MR) is 81.6 cm³/mol. The summed E-state index contributed by atoms with van der Waals surface area (Å²) in [5.41, 5.74) is 2.79. The number of nitrogens with one attached hydrogen (secondary N) is 2. The minimum absolute atomic E-state index is 0.0885. The van der Waals surface area contributed by atoms with E-state index in [0.717, 1.165) is 11.3 Å². The standard InChI is InChI=1S/C16H17FN2O2/c1-10-4-6-12(14(8-10)18-2)16(20)19-11-5-7-13(17)15(9-11)21-3/h4-9,18H,1-3H3,(H,19,20). The number of halogens is 1. The van der Waals surface area contributed by atoms with Crippen LogP contribution >= 0.6 is 0 Å². The van der Waals surface area contributed by atoms with Crippen molar-refractivity contribution in [1.29, 1.82) is 0 Å². The van der Waals surface area contributed by atoms with Gasteiger partial charge in [-0.15, -0.1) is 0 Å². The van der Waals surface area contributed by atoms with Crippen molar-refractivity contribution in [2.75, 3.05) is 24.8 Å². The monoisotopic (exact) mass is 288 g/mol. The zero-order chi connectivity index (χ0) is 15.4. The molecule has 0 aliphatic carbocycles. The molecule has 21 heavy (non-hydrogen) atoms. The van der Waals surface area contributed by atoms with Gasteiger partial charge in [-0.3, -0.25) is 4.79 Å². The average Bonchev–Trinajstić information content (AvgIpc) is 2.48. The molecule has 110 valence electrons. The molecule has 5 heteroatoms. The number of aryl methyl sites for hydroxylation is 1.